The second-order valence-corrected chi connectivity index (χ2v) is 7.12. The van der Waals surface area contributed by atoms with Crippen molar-refractivity contribution in [3.05, 3.63) is 47.0 Å². The molecule has 1 fully saturated rings. The van der Waals surface area contributed by atoms with Crippen molar-refractivity contribution in [2.45, 2.75) is 27.2 Å². The third kappa shape index (κ3) is 3.49. The summed E-state index contributed by atoms with van der Waals surface area (Å²) in [5.74, 6) is 1.00. The van der Waals surface area contributed by atoms with Crippen molar-refractivity contribution in [1.82, 2.24) is 20.0 Å². The predicted molar refractivity (Wildman–Crippen MR) is 103 cm³/mol. The number of carbonyl (C=O) groups excluding carboxylic acids is 1. The molecule has 3 aromatic rings. The van der Waals surface area contributed by atoms with E-state index in [-0.39, 0.29) is 12.3 Å². The molecule has 0 unspecified atom stereocenters. The molecular formula is C20H23N5O2. The minimum absolute atomic E-state index is 0.0851. The summed E-state index contributed by atoms with van der Waals surface area (Å²) in [6.45, 7) is 8.93. The molecule has 1 aliphatic rings. The van der Waals surface area contributed by atoms with E-state index in [1.165, 1.54) is 5.56 Å². The highest BCUT2D eigenvalue weighted by Crippen LogP contribution is 2.23. The molecule has 7 nitrogen and oxygen atoms in total. The fourth-order valence-electron chi connectivity index (χ4n) is 3.43. The summed E-state index contributed by atoms with van der Waals surface area (Å²) in [7, 11) is 0. The second kappa shape index (κ2) is 6.98. The van der Waals surface area contributed by atoms with Crippen LogP contribution in [0.25, 0.3) is 11.0 Å². The Morgan fingerprint density at radius 1 is 1.04 bits per heavy atom. The van der Waals surface area contributed by atoms with Crippen LogP contribution in [0.4, 0.5) is 5.82 Å². The van der Waals surface area contributed by atoms with Gasteiger partial charge in [0.2, 0.25) is 5.91 Å². The monoisotopic (exact) mass is 365 g/mol. The zero-order valence-electron chi connectivity index (χ0n) is 15.9. The first-order valence-corrected chi connectivity index (χ1v) is 9.18. The second-order valence-electron chi connectivity index (χ2n) is 7.12. The maximum absolute atomic E-state index is 12.8. The number of anilines is 1. The van der Waals surface area contributed by atoms with Gasteiger partial charge in [-0.1, -0.05) is 5.16 Å². The average Bonchev–Trinajstić information content (AvgIpc) is 3.04. The SMILES string of the molecule is Cc1cc(N2CCN(C(=O)Cc3noc4cc(C)c(C)cc34)CC2)ncn1. The van der Waals surface area contributed by atoms with Gasteiger partial charge in [-0.25, -0.2) is 9.97 Å². The highest BCUT2D eigenvalue weighted by molar-refractivity contribution is 5.87. The van der Waals surface area contributed by atoms with Crippen molar-refractivity contribution < 1.29 is 9.32 Å². The zero-order chi connectivity index (χ0) is 19.0. The topological polar surface area (TPSA) is 75.4 Å². The Bertz CT molecular complexity index is 989. The minimum atomic E-state index is 0.0851. The summed E-state index contributed by atoms with van der Waals surface area (Å²) in [5.41, 5.74) is 4.74. The van der Waals surface area contributed by atoms with Crippen molar-refractivity contribution in [3.63, 3.8) is 0 Å². The largest absolute Gasteiger partial charge is 0.356 e. The molecule has 7 heteroatoms. The smallest absolute Gasteiger partial charge is 0.228 e. The van der Waals surface area contributed by atoms with Gasteiger partial charge in [0.05, 0.1) is 6.42 Å². The number of carbonyl (C=O) groups is 1. The van der Waals surface area contributed by atoms with Crippen LogP contribution in [-0.2, 0) is 11.2 Å². The fourth-order valence-corrected chi connectivity index (χ4v) is 3.43. The molecule has 2 aromatic heterocycles. The summed E-state index contributed by atoms with van der Waals surface area (Å²) < 4.78 is 5.42. The number of piperazine rings is 1. The molecule has 0 bridgehead atoms. The van der Waals surface area contributed by atoms with Gasteiger partial charge in [0.15, 0.2) is 5.58 Å². The van der Waals surface area contributed by atoms with Crippen LogP contribution in [0.2, 0.25) is 0 Å². The summed E-state index contributed by atoms with van der Waals surface area (Å²) in [4.78, 5) is 25.3. The molecule has 1 aliphatic heterocycles. The van der Waals surface area contributed by atoms with Crippen LogP contribution >= 0.6 is 0 Å². The predicted octanol–water partition coefficient (Wildman–Crippen LogP) is 2.43. The van der Waals surface area contributed by atoms with Gasteiger partial charge in [-0.3, -0.25) is 4.79 Å². The van der Waals surface area contributed by atoms with Gasteiger partial charge < -0.3 is 14.3 Å². The Hall–Kier alpha value is -2.96. The lowest BCUT2D eigenvalue weighted by molar-refractivity contribution is -0.130. The number of aryl methyl sites for hydroxylation is 3. The molecule has 4 rings (SSSR count). The molecule has 3 heterocycles. The summed E-state index contributed by atoms with van der Waals surface area (Å²) in [5, 5.41) is 5.07. The third-order valence-electron chi connectivity index (χ3n) is 5.23. The van der Waals surface area contributed by atoms with Crippen LogP contribution in [-0.4, -0.2) is 52.1 Å². The first-order valence-electron chi connectivity index (χ1n) is 9.18. The number of hydrogen-bond donors (Lipinski definition) is 0. The molecule has 140 valence electrons. The zero-order valence-corrected chi connectivity index (χ0v) is 15.9. The van der Waals surface area contributed by atoms with E-state index in [1.807, 2.05) is 30.9 Å². The summed E-state index contributed by atoms with van der Waals surface area (Å²) in [6.07, 6.45) is 1.85. The Morgan fingerprint density at radius 2 is 1.78 bits per heavy atom. The van der Waals surface area contributed by atoms with Crippen molar-refractivity contribution in [3.8, 4) is 0 Å². The maximum atomic E-state index is 12.8. The lowest BCUT2D eigenvalue weighted by Gasteiger charge is -2.35. The molecule has 1 saturated heterocycles. The molecule has 0 radical (unpaired) electrons. The van der Waals surface area contributed by atoms with E-state index >= 15 is 0 Å². The average molecular weight is 365 g/mol. The minimum Gasteiger partial charge on any atom is -0.356 e. The van der Waals surface area contributed by atoms with Crippen LogP contribution in [0, 0.1) is 20.8 Å². The fraction of sp³-hybridized carbons (Fsp3) is 0.400. The highest BCUT2D eigenvalue weighted by atomic mass is 16.5. The van der Waals surface area contributed by atoms with Crippen LogP contribution in [0.1, 0.15) is 22.5 Å². The molecule has 1 aromatic carbocycles. The van der Waals surface area contributed by atoms with E-state index in [1.54, 1.807) is 6.33 Å². The Morgan fingerprint density at radius 3 is 2.52 bits per heavy atom. The Labute approximate surface area is 158 Å². The molecular weight excluding hydrogens is 342 g/mol. The quantitative estimate of drug-likeness (QED) is 0.710. The van der Waals surface area contributed by atoms with Crippen molar-refractivity contribution in [1.29, 1.82) is 0 Å². The number of nitrogens with zero attached hydrogens (tertiary/aromatic N) is 5. The number of amides is 1. The lowest BCUT2D eigenvalue weighted by atomic mass is 10.1. The molecule has 0 spiro atoms. The van der Waals surface area contributed by atoms with E-state index in [2.05, 4.69) is 33.0 Å². The molecule has 0 atom stereocenters. The van der Waals surface area contributed by atoms with Gasteiger partial charge in [-0.05, 0) is 44.0 Å². The van der Waals surface area contributed by atoms with Crippen molar-refractivity contribution in [2.24, 2.45) is 0 Å². The van der Waals surface area contributed by atoms with Gasteiger partial charge in [0.25, 0.3) is 0 Å². The molecule has 0 N–H and O–H groups in total. The lowest BCUT2D eigenvalue weighted by Crippen LogP contribution is -2.49. The summed E-state index contributed by atoms with van der Waals surface area (Å²) >= 11 is 0. The van der Waals surface area contributed by atoms with Crippen molar-refractivity contribution >= 4 is 22.7 Å². The van der Waals surface area contributed by atoms with E-state index in [0.29, 0.717) is 18.8 Å². The number of hydrogen-bond acceptors (Lipinski definition) is 6. The highest BCUT2D eigenvalue weighted by Gasteiger charge is 2.24. The van der Waals surface area contributed by atoms with Crippen LogP contribution in [0.5, 0.6) is 0 Å². The maximum Gasteiger partial charge on any atom is 0.228 e. The van der Waals surface area contributed by atoms with Gasteiger partial charge in [0, 0.05) is 43.3 Å². The molecule has 1 amide bonds. The van der Waals surface area contributed by atoms with E-state index < -0.39 is 0 Å². The van der Waals surface area contributed by atoms with Gasteiger partial charge in [-0.15, -0.1) is 0 Å². The number of rotatable bonds is 3. The third-order valence-corrected chi connectivity index (χ3v) is 5.23. The normalized spacial score (nSPS) is 14.8. The molecule has 27 heavy (non-hydrogen) atoms. The van der Waals surface area contributed by atoms with Crippen LogP contribution < -0.4 is 4.90 Å². The van der Waals surface area contributed by atoms with E-state index in [4.69, 9.17) is 4.52 Å². The Balaban J connectivity index is 1.42. The van der Waals surface area contributed by atoms with Gasteiger partial charge >= 0.3 is 0 Å². The Kier molecular flexibility index (Phi) is 4.51. The van der Waals surface area contributed by atoms with Gasteiger partial charge in [0.1, 0.15) is 17.8 Å². The number of fused-ring (bicyclic) bond motifs is 1. The first kappa shape index (κ1) is 17.5. The number of benzene rings is 1. The van der Waals surface area contributed by atoms with Crippen LogP contribution in [0.15, 0.2) is 29.0 Å². The van der Waals surface area contributed by atoms with Crippen molar-refractivity contribution in [2.75, 3.05) is 31.1 Å². The van der Waals surface area contributed by atoms with E-state index in [0.717, 1.165) is 41.1 Å². The van der Waals surface area contributed by atoms with Crippen LogP contribution in [0.3, 0.4) is 0 Å². The van der Waals surface area contributed by atoms with E-state index in [9.17, 15) is 4.79 Å². The summed E-state index contributed by atoms with van der Waals surface area (Å²) in [6, 6.07) is 6.01. The molecule has 0 aliphatic carbocycles. The van der Waals surface area contributed by atoms with Gasteiger partial charge in [-0.2, -0.15) is 0 Å². The number of aromatic nitrogens is 3. The molecule has 0 saturated carbocycles. The first-order chi connectivity index (χ1) is 13.0. The standard InChI is InChI=1S/C20H23N5O2/c1-13-8-16-17(23-27-18(16)9-14(13)2)11-20(26)25-6-4-24(5-7-25)19-10-15(3)21-12-22-19/h8-10,12H,4-7,11H2,1-3H3.